The standard InChI is InChI=1S/C15H13ClN2O2/c1-19-14-5-4-12(18)7-15(14)20-9-11-3-2-10(8-17)6-13(11)16/h2-7H,9,18H2,1H3. The highest BCUT2D eigenvalue weighted by Crippen LogP contribution is 2.30. The second-order valence-electron chi connectivity index (χ2n) is 4.12. The molecule has 0 saturated heterocycles. The van der Waals surface area contributed by atoms with Crippen molar-refractivity contribution in [1.29, 1.82) is 5.26 Å². The van der Waals surface area contributed by atoms with Crippen molar-refractivity contribution in [2.45, 2.75) is 6.61 Å². The summed E-state index contributed by atoms with van der Waals surface area (Å²) >= 11 is 6.09. The average molecular weight is 289 g/mol. The summed E-state index contributed by atoms with van der Waals surface area (Å²) in [5.74, 6) is 1.15. The Kier molecular flexibility index (Phi) is 4.34. The third kappa shape index (κ3) is 3.14. The predicted molar refractivity (Wildman–Crippen MR) is 77.9 cm³/mol. The summed E-state index contributed by atoms with van der Waals surface area (Å²) in [5.41, 5.74) is 7.61. The lowest BCUT2D eigenvalue weighted by atomic mass is 10.1. The number of rotatable bonds is 4. The lowest BCUT2D eigenvalue weighted by Gasteiger charge is -2.12. The highest BCUT2D eigenvalue weighted by molar-refractivity contribution is 6.31. The molecule has 2 N–H and O–H groups in total. The molecule has 0 saturated carbocycles. The zero-order chi connectivity index (χ0) is 14.5. The number of halogens is 1. The molecule has 0 unspecified atom stereocenters. The van der Waals surface area contributed by atoms with Crippen LogP contribution in [-0.4, -0.2) is 7.11 Å². The van der Waals surface area contributed by atoms with Crippen molar-refractivity contribution in [2.24, 2.45) is 0 Å². The normalized spacial score (nSPS) is 9.85. The number of methoxy groups -OCH3 is 1. The molecule has 0 heterocycles. The fourth-order valence-corrected chi connectivity index (χ4v) is 1.93. The summed E-state index contributed by atoms with van der Waals surface area (Å²) in [7, 11) is 1.56. The van der Waals surface area contributed by atoms with Gasteiger partial charge in [0.25, 0.3) is 0 Å². The van der Waals surface area contributed by atoms with Crippen LogP contribution in [0.15, 0.2) is 36.4 Å². The van der Waals surface area contributed by atoms with Gasteiger partial charge in [-0.25, -0.2) is 0 Å². The minimum absolute atomic E-state index is 0.268. The smallest absolute Gasteiger partial charge is 0.163 e. The molecule has 0 spiro atoms. The summed E-state index contributed by atoms with van der Waals surface area (Å²) in [6, 6.07) is 12.3. The second-order valence-corrected chi connectivity index (χ2v) is 4.52. The van der Waals surface area contributed by atoms with E-state index in [2.05, 4.69) is 0 Å². The van der Waals surface area contributed by atoms with E-state index in [-0.39, 0.29) is 6.61 Å². The van der Waals surface area contributed by atoms with E-state index in [0.717, 1.165) is 5.56 Å². The first-order valence-corrected chi connectivity index (χ1v) is 6.26. The minimum atomic E-state index is 0.268. The first-order chi connectivity index (χ1) is 9.63. The van der Waals surface area contributed by atoms with Crippen molar-refractivity contribution in [1.82, 2.24) is 0 Å². The van der Waals surface area contributed by atoms with E-state index in [9.17, 15) is 0 Å². The van der Waals surface area contributed by atoms with Gasteiger partial charge in [0, 0.05) is 22.3 Å². The van der Waals surface area contributed by atoms with E-state index < -0.39 is 0 Å². The number of nitrogens with zero attached hydrogens (tertiary/aromatic N) is 1. The van der Waals surface area contributed by atoms with Crippen LogP contribution >= 0.6 is 11.6 Å². The van der Waals surface area contributed by atoms with Crippen molar-refractivity contribution in [3.05, 3.63) is 52.5 Å². The minimum Gasteiger partial charge on any atom is -0.493 e. The fraction of sp³-hybridized carbons (Fsp3) is 0.133. The van der Waals surface area contributed by atoms with E-state index in [1.165, 1.54) is 0 Å². The van der Waals surface area contributed by atoms with Crippen LogP contribution in [0.3, 0.4) is 0 Å². The molecule has 0 aliphatic rings. The van der Waals surface area contributed by atoms with Crippen LogP contribution in [-0.2, 0) is 6.61 Å². The van der Waals surface area contributed by atoms with Gasteiger partial charge in [0.1, 0.15) is 6.61 Å². The number of nitriles is 1. The maximum atomic E-state index is 8.79. The first-order valence-electron chi connectivity index (χ1n) is 5.89. The van der Waals surface area contributed by atoms with Crippen LogP contribution in [0, 0.1) is 11.3 Å². The maximum absolute atomic E-state index is 8.79. The van der Waals surface area contributed by atoms with Gasteiger partial charge in [0.2, 0.25) is 0 Å². The Labute approximate surface area is 122 Å². The van der Waals surface area contributed by atoms with Gasteiger partial charge >= 0.3 is 0 Å². The van der Waals surface area contributed by atoms with E-state index in [1.54, 1.807) is 43.5 Å². The SMILES string of the molecule is COc1ccc(N)cc1OCc1ccc(C#N)cc1Cl. The fourth-order valence-electron chi connectivity index (χ4n) is 1.70. The molecule has 2 aromatic rings. The van der Waals surface area contributed by atoms with Gasteiger partial charge in [0.15, 0.2) is 11.5 Å². The second kappa shape index (κ2) is 6.18. The highest BCUT2D eigenvalue weighted by Gasteiger charge is 2.07. The number of nitrogens with two attached hydrogens (primary N) is 1. The lowest BCUT2D eigenvalue weighted by molar-refractivity contribution is 0.285. The molecule has 0 atom stereocenters. The lowest BCUT2D eigenvalue weighted by Crippen LogP contribution is -1.99. The Balaban J connectivity index is 2.17. The van der Waals surface area contributed by atoms with E-state index in [1.807, 2.05) is 6.07 Å². The molecule has 102 valence electrons. The van der Waals surface area contributed by atoms with Gasteiger partial charge < -0.3 is 15.2 Å². The third-order valence-electron chi connectivity index (χ3n) is 2.75. The van der Waals surface area contributed by atoms with E-state index in [4.69, 9.17) is 32.1 Å². The van der Waals surface area contributed by atoms with Crippen molar-refractivity contribution in [2.75, 3.05) is 12.8 Å². The number of nitrogen functional groups attached to an aromatic ring is 1. The topological polar surface area (TPSA) is 68.3 Å². The highest BCUT2D eigenvalue weighted by atomic mass is 35.5. The summed E-state index contributed by atoms with van der Waals surface area (Å²) in [6.45, 7) is 0.268. The number of hydrogen-bond donors (Lipinski definition) is 1. The van der Waals surface area contributed by atoms with Crippen LogP contribution in [0.25, 0.3) is 0 Å². The zero-order valence-corrected chi connectivity index (χ0v) is 11.6. The molecule has 20 heavy (non-hydrogen) atoms. The van der Waals surface area contributed by atoms with Gasteiger partial charge in [-0.1, -0.05) is 17.7 Å². The molecule has 0 aromatic heterocycles. The van der Waals surface area contributed by atoms with Gasteiger partial charge in [-0.15, -0.1) is 0 Å². The van der Waals surface area contributed by atoms with Crippen molar-refractivity contribution in [3.63, 3.8) is 0 Å². The summed E-state index contributed by atoms with van der Waals surface area (Å²) in [5, 5.41) is 9.28. The maximum Gasteiger partial charge on any atom is 0.163 e. The van der Waals surface area contributed by atoms with Gasteiger partial charge in [-0.3, -0.25) is 0 Å². The molecule has 0 radical (unpaired) electrons. The van der Waals surface area contributed by atoms with Gasteiger partial charge in [-0.2, -0.15) is 5.26 Å². The van der Waals surface area contributed by atoms with Gasteiger partial charge in [-0.05, 0) is 24.3 Å². The Morgan fingerprint density at radius 3 is 2.65 bits per heavy atom. The predicted octanol–water partition coefficient (Wildman–Crippen LogP) is 3.38. The Bertz CT molecular complexity index is 665. The van der Waals surface area contributed by atoms with E-state index in [0.29, 0.717) is 27.8 Å². The number of ether oxygens (including phenoxy) is 2. The van der Waals surface area contributed by atoms with Gasteiger partial charge in [0.05, 0.1) is 18.7 Å². The van der Waals surface area contributed by atoms with Crippen molar-refractivity contribution in [3.8, 4) is 17.6 Å². The third-order valence-corrected chi connectivity index (χ3v) is 3.10. The van der Waals surface area contributed by atoms with E-state index >= 15 is 0 Å². The zero-order valence-electron chi connectivity index (χ0n) is 10.9. The first kappa shape index (κ1) is 14.0. The molecule has 2 aromatic carbocycles. The largest absolute Gasteiger partial charge is 0.493 e. The van der Waals surface area contributed by atoms with Crippen LogP contribution in [0.1, 0.15) is 11.1 Å². The van der Waals surface area contributed by atoms with Crippen LogP contribution < -0.4 is 15.2 Å². The number of benzene rings is 2. The Morgan fingerprint density at radius 2 is 2.00 bits per heavy atom. The summed E-state index contributed by atoms with van der Waals surface area (Å²) in [4.78, 5) is 0. The van der Waals surface area contributed by atoms with Crippen LogP contribution in [0.2, 0.25) is 5.02 Å². The summed E-state index contributed by atoms with van der Waals surface area (Å²) in [6.07, 6.45) is 0. The molecule has 0 fully saturated rings. The number of hydrogen-bond acceptors (Lipinski definition) is 4. The molecular weight excluding hydrogens is 276 g/mol. The van der Waals surface area contributed by atoms with Crippen molar-refractivity contribution < 1.29 is 9.47 Å². The quantitative estimate of drug-likeness (QED) is 0.876. The molecule has 0 bridgehead atoms. The molecule has 2 rings (SSSR count). The Morgan fingerprint density at radius 1 is 1.20 bits per heavy atom. The van der Waals surface area contributed by atoms with Crippen molar-refractivity contribution >= 4 is 17.3 Å². The molecule has 5 heteroatoms. The Hall–Kier alpha value is -2.38. The molecular formula is C15H13ClN2O2. The average Bonchev–Trinajstić information content (AvgIpc) is 2.46. The molecule has 0 aliphatic heterocycles. The summed E-state index contributed by atoms with van der Waals surface area (Å²) < 4.78 is 10.9. The monoisotopic (exact) mass is 288 g/mol. The molecule has 0 amide bonds. The van der Waals surface area contributed by atoms with Crippen LogP contribution in [0.5, 0.6) is 11.5 Å². The number of anilines is 1. The molecule has 4 nitrogen and oxygen atoms in total. The molecule has 0 aliphatic carbocycles. The van der Waals surface area contributed by atoms with Crippen LogP contribution in [0.4, 0.5) is 5.69 Å².